The summed E-state index contributed by atoms with van der Waals surface area (Å²) in [6, 6.07) is 0. The first-order valence-corrected chi connectivity index (χ1v) is 4.79. The van der Waals surface area contributed by atoms with Gasteiger partial charge in [0.25, 0.3) is 0 Å². The van der Waals surface area contributed by atoms with Gasteiger partial charge in [0.1, 0.15) is 5.60 Å². The molecule has 0 rings (SSSR count). The Bertz CT molecular complexity index is 218. The maximum atomic E-state index is 9.94. The third-order valence-electron chi connectivity index (χ3n) is 2.48. The van der Waals surface area contributed by atoms with E-state index in [2.05, 4.69) is 12.0 Å². The first-order valence-electron chi connectivity index (χ1n) is 4.79. The zero-order valence-electron chi connectivity index (χ0n) is 9.09. The molecule has 2 atom stereocenters. The first kappa shape index (κ1) is 12.3. The Balaban J connectivity index is 4.33. The Morgan fingerprint density at radius 1 is 1.62 bits per heavy atom. The van der Waals surface area contributed by atoms with Crippen molar-refractivity contribution in [2.75, 3.05) is 0 Å². The third-order valence-corrected chi connectivity index (χ3v) is 2.48. The van der Waals surface area contributed by atoms with E-state index in [-0.39, 0.29) is 5.92 Å². The van der Waals surface area contributed by atoms with Crippen molar-refractivity contribution in [3.05, 3.63) is 11.6 Å². The smallest absolute Gasteiger partial charge is 0.127 e. The first-order chi connectivity index (χ1) is 5.96. The van der Waals surface area contributed by atoms with Gasteiger partial charge in [-0.25, -0.2) is 0 Å². The molecule has 0 amide bonds. The van der Waals surface area contributed by atoms with E-state index in [0.29, 0.717) is 6.42 Å². The Morgan fingerprint density at radius 3 is 2.46 bits per heavy atom. The van der Waals surface area contributed by atoms with E-state index < -0.39 is 5.60 Å². The van der Waals surface area contributed by atoms with Crippen LogP contribution in [0.5, 0.6) is 0 Å². The molecule has 74 valence electrons. The van der Waals surface area contributed by atoms with Crippen LogP contribution in [0.3, 0.4) is 0 Å². The lowest BCUT2D eigenvalue weighted by atomic mass is 9.84. The molecule has 0 saturated carbocycles. The summed E-state index contributed by atoms with van der Waals surface area (Å²) in [4.78, 5) is 0. The summed E-state index contributed by atoms with van der Waals surface area (Å²) in [6.45, 7) is 8.00. The lowest BCUT2D eigenvalue weighted by Gasteiger charge is -2.27. The highest BCUT2D eigenvalue weighted by Crippen LogP contribution is 2.24. The molecule has 0 aromatic heterocycles. The Kier molecular flexibility index (Phi) is 4.80. The average Bonchev–Trinajstić information content (AvgIpc) is 2.12. The third kappa shape index (κ3) is 3.65. The van der Waals surface area contributed by atoms with Crippen molar-refractivity contribution in [1.29, 1.82) is 0 Å². The monoisotopic (exact) mass is 180 g/mol. The Morgan fingerprint density at radius 2 is 2.15 bits per heavy atom. The molecule has 1 nitrogen and oxygen atoms in total. The van der Waals surface area contributed by atoms with Crippen molar-refractivity contribution in [1.82, 2.24) is 0 Å². The largest absolute Gasteiger partial charge is 0.377 e. The Labute approximate surface area is 81.9 Å². The van der Waals surface area contributed by atoms with Crippen LogP contribution in [0.4, 0.5) is 0 Å². The summed E-state index contributed by atoms with van der Waals surface area (Å²) in [6.07, 6.45) is 8.87. The van der Waals surface area contributed by atoms with Gasteiger partial charge in [0, 0.05) is 0 Å². The lowest BCUT2D eigenvalue weighted by molar-refractivity contribution is 0.0430. The molecule has 0 heterocycles. The highest BCUT2D eigenvalue weighted by Gasteiger charge is 2.28. The number of terminal acetylenes is 1. The van der Waals surface area contributed by atoms with E-state index in [0.717, 1.165) is 6.42 Å². The maximum Gasteiger partial charge on any atom is 0.127 e. The average molecular weight is 180 g/mol. The highest BCUT2D eigenvalue weighted by atomic mass is 16.3. The summed E-state index contributed by atoms with van der Waals surface area (Å²) >= 11 is 0. The van der Waals surface area contributed by atoms with Crippen LogP contribution in [-0.2, 0) is 0 Å². The minimum Gasteiger partial charge on any atom is -0.377 e. The predicted octanol–water partition coefficient (Wildman–Crippen LogP) is 2.75. The van der Waals surface area contributed by atoms with Crippen molar-refractivity contribution in [2.24, 2.45) is 5.92 Å². The van der Waals surface area contributed by atoms with Gasteiger partial charge in [0.2, 0.25) is 0 Å². The highest BCUT2D eigenvalue weighted by molar-refractivity contribution is 5.10. The molecule has 0 aliphatic rings. The summed E-state index contributed by atoms with van der Waals surface area (Å²) in [5, 5.41) is 9.94. The van der Waals surface area contributed by atoms with Gasteiger partial charge in [-0.2, -0.15) is 0 Å². The van der Waals surface area contributed by atoms with Gasteiger partial charge in [0.15, 0.2) is 0 Å². The molecular weight excluding hydrogens is 160 g/mol. The second-order valence-corrected chi connectivity index (χ2v) is 3.84. The summed E-state index contributed by atoms with van der Waals surface area (Å²) in [5.41, 5.74) is 0.327. The van der Waals surface area contributed by atoms with Gasteiger partial charge in [0.05, 0.1) is 0 Å². The fourth-order valence-corrected chi connectivity index (χ4v) is 1.20. The normalized spacial score (nSPS) is 16.9. The fraction of sp³-hybridized carbons (Fsp3) is 0.667. The number of allylic oxidation sites excluding steroid dienone is 2. The van der Waals surface area contributed by atoms with Gasteiger partial charge in [-0.15, -0.1) is 6.42 Å². The molecule has 0 aliphatic heterocycles. The van der Waals surface area contributed by atoms with Crippen molar-refractivity contribution in [2.45, 2.75) is 46.1 Å². The van der Waals surface area contributed by atoms with Crippen LogP contribution in [0.1, 0.15) is 40.5 Å². The van der Waals surface area contributed by atoms with Gasteiger partial charge in [-0.1, -0.05) is 31.4 Å². The maximum absolute atomic E-state index is 9.94. The number of aliphatic hydroxyl groups is 1. The van der Waals surface area contributed by atoms with Gasteiger partial charge in [-0.05, 0) is 32.6 Å². The topological polar surface area (TPSA) is 20.2 Å². The zero-order chi connectivity index (χ0) is 10.5. The fourth-order valence-electron chi connectivity index (χ4n) is 1.20. The minimum absolute atomic E-state index is 0.123. The molecule has 1 N–H and O–H groups in total. The van der Waals surface area contributed by atoms with E-state index in [4.69, 9.17) is 6.42 Å². The molecule has 0 aliphatic carbocycles. The Hall–Kier alpha value is -0.740. The van der Waals surface area contributed by atoms with Gasteiger partial charge in [-0.3, -0.25) is 0 Å². The second-order valence-electron chi connectivity index (χ2n) is 3.84. The van der Waals surface area contributed by atoms with Crippen molar-refractivity contribution in [3.8, 4) is 12.3 Å². The number of hydrogen-bond acceptors (Lipinski definition) is 1. The van der Waals surface area contributed by atoms with E-state index in [9.17, 15) is 5.11 Å². The quantitative estimate of drug-likeness (QED) is 0.521. The van der Waals surface area contributed by atoms with Gasteiger partial charge >= 0.3 is 0 Å². The lowest BCUT2D eigenvalue weighted by Crippen LogP contribution is -2.33. The minimum atomic E-state index is -0.939. The zero-order valence-corrected chi connectivity index (χ0v) is 9.09. The van der Waals surface area contributed by atoms with Crippen LogP contribution in [0.2, 0.25) is 0 Å². The number of rotatable bonds is 4. The molecular formula is C12H20O. The standard InChI is InChI=1S/C12H20O/c1-6-12(13,7-2)11(5)9-8-10(3)4/h1,8,11,13H,7,9H2,2-5H3. The van der Waals surface area contributed by atoms with Crippen LogP contribution >= 0.6 is 0 Å². The van der Waals surface area contributed by atoms with Crippen molar-refractivity contribution in [3.63, 3.8) is 0 Å². The van der Waals surface area contributed by atoms with Crippen LogP contribution in [0.15, 0.2) is 11.6 Å². The molecule has 0 fully saturated rings. The molecule has 1 heteroatoms. The van der Waals surface area contributed by atoms with E-state index in [1.807, 2.05) is 27.7 Å². The SMILES string of the molecule is C#CC(O)(CC)C(C)CC=C(C)C. The molecule has 0 spiro atoms. The van der Waals surface area contributed by atoms with Crippen LogP contribution in [0.25, 0.3) is 0 Å². The summed E-state index contributed by atoms with van der Waals surface area (Å²) < 4.78 is 0. The summed E-state index contributed by atoms with van der Waals surface area (Å²) in [7, 11) is 0. The summed E-state index contributed by atoms with van der Waals surface area (Å²) in [5.74, 6) is 2.60. The predicted molar refractivity (Wildman–Crippen MR) is 57.3 cm³/mol. The second kappa shape index (κ2) is 5.09. The molecule has 0 saturated heterocycles. The molecule has 2 unspecified atom stereocenters. The van der Waals surface area contributed by atoms with E-state index in [1.165, 1.54) is 5.57 Å². The van der Waals surface area contributed by atoms with Crippen LogP contribution < -0.4 is 0 Å². The van der Waals surface area contributed by atoms with Crippen LogP contribution in [0, 0.1) is 18.3 Å². The van der Waals surface area contributed by atoms with Gasteiger partial charge < -0.3 is 5.11 Å². The van der Waals surface area contributed by atoms with Crippen LogP contribution in [-0.4, -0.2) is 10.7 Å². The molecule has 0 bridgehead atoms. The van der Waals surface area contributed by atoms with Crippen molar-refractivity contribution < 1.29 is 5.11 Å². The molecule has 0 radical (unpaired) electrons. The van der Waals surface area contributed by atoms with Crippen molar-refractivity contribution >= 4 is 0 Å². The molecule has 0 aromatic carbocycles. The molecule has 13 heavy (non-hydrogen) atoms. The molecule has 0 aromatic rings. The van der Waals surface area contributed by atoms with E-state index >= 15 is 0 Å². The number of hydrogen-bond donors (Lipinski definition) is 1. The van der Waals surface area contributed by atoms with E-state index in [1.54, 1.807) is 0 Å².